The number of aromatic amines is 1. The third-order valence-electron chi connectivity index (χ3n) is 2.89. The Morgan fingerprint density at radius 2 is 2.00 bits per heavy atom. The summed E-state index contributed by atoms with van der Waals surface area (Å²) in [5.74, 6) is 1.11. The van der Waals surface area contributed by atoms with Gasteiger partial charge >= 0.3 is 0 Å². The van der Waals surface area contributed by atoms with Gasteiger partial charge in [-0.05, 0) is 43.7 Å². The normalized spacial score (nSPS) is 10.8. The Hall–Kier alpha value is -2.63. The maximum Gasteiger partial charge on any atom is 0.255 e. The van der Waals surface area contributed by atoms with Gasteiger partial charge in [0.25, 0.3) is 5.56 Å². The van der Waals surface area contributed by atoms with Crippen LogP contribution in [0.25, 0.3) is 0 Å². The summed E-state index contributed by atoms with van der Waals surface area (Å²) in [5, 5.41) is 4.03. The molecule has 2 aromatic rings. The van der Waals surface area contributed by atoms with E-state index in [1.54, 1.807) is 27.2 Å². The number of hydrogen-bond acceptors (Lipinski definition) is 5. The van der Waals surface area contributed by atoms with Crippen LogP contribution in [0.1, 0.15) is 16.8 Å². The number of nitrogens with zero attached hydrogens (tertiary/aromatic N) is 2. The highest BCUT2D eigenvalue weighted by molar-refractivity contribution is 5.80. The number of nitrogens with one attached hydrogen (secondary N) is 2. The molecule has 0 amide bonds. The average molecular weight is 272 g/mol. The molecule has 104 valence electrons. The van der Waals surface area contributed by atoms with E-state index in [0.717, 1.165) is 11.3 Å². The largest absolute Gasteiger partial charge is 0.497 e. The average Bonchev–Trinajstić information content (AvgIpc) is 2.45. The Balaban J connectivity index is 2.07. The van der Waals surface area contributed by atoms with E-state index in [0.29, 0.717) is 17.2 Å². The maximum absolute atomic E-state index is 11.6. The van der Waals surface area contributed by atoms with Gasteiger partial charge in [0, 0.05) is 11.3 Å². The van der Waals surface area contributed by atoms with Crippen molar-refractivity contribution >= 4 is 12.2 Å². The van der Waals surface area contributed by atoms with Gasteiger partial charge in [-0.3, -0.25) is 9.78 Å². The molecule has 0 fully saturated rings. The zero-order valence-electron chi connectivity index (χ0n) is 11.6. The molecule has 0 unspecified atom stereocenters. The van der Waals surface area contributed by atoms with Crippen LogP contribution in [-0.2, 0) is 0 Å². The molecule has 0 saturated heterocycles. The van der Waals surface area contributed by atoms with Crippen molar-refractivity contribution in [1.29, 1.82) is 0 Å². The first-order valence-electron chi connectivity index (χ1n) is 6.11. The van der Waals surface area contributed by atoms with Crippen molar-refractivity contribution in [2.24, 2.45) is 5.10 Å². The number of rotatable bonds is 4. The second kappa shape index (κ2) is 6.01. The van der Waals surface area contributed by atoms with Crippen LogP contribution in [-0.4, -0.2) is 23.3 Å². The summed E-state index contributed by atoms with van der Waals surface area (Å²) in [5.41, 5.74) is 4.73. The molecule has 2 N–H and O–H groups in total. The zero-order chi connectivity index (χ0) is 14.5. The molecule has 6 nitrogen and oxygen atoms in total. The summed E-state index contributed by atoms with van der Waals surface area (Å²) in [6.45, 7) is 3.51. The molecule has 1 aromatic carbocycles. The molecule has 1 heterocycles. The molecule has 2 rings (SSSR count). The van der Waals surface area contributed by atoms with Crippen molar-refractivity contribution < 1.29 is 4.74 Å². The van der Waals surface area contributed by atoms with Crippen molar-refractivity contribution in [3.05, 3.63) is 51.4 Å². The van der Waals surface area contributed by atoms with Crippen molar-refractivity contribution in [2.45, 2.75) is 13.8 Å². The number of anilines is 1. The van der Waals surface area contributed by atoms with E-state index >= 15 is 0 Å². The highest BCUT2D eigenvalue weighted by Gasteiger charge is 2.01. The third-order valence-corrected chi connectivity index (χ3v) is 2.89. The van der Waals surface area contributed by atoms with Gasteiger partial charge < -0.3 is 4.74 Å². The minimum Gasteiger partial charge on any atom is -0.497 e. The monoisotopic (exact) mass is 272 g/mol. The molecule has 6 heteroatoms. The van der Waals surface area contributed by atoms with E-state index in [1.807, 2.05) is 24.3 Å². The molecule has 0 aliphatic rings. The summed E-state index contributed by atoms with van der Waals surface area (Å²) in [7, 11) is 1.62. The first-order chi connectivity index (χ1) is 9.60. The molecule has 0 bridgehead atoms. The zero-order valence-corrected chi connectivity index (χ0v) is 11.6. The maximum atomic E-state index is 11.6. The first kappa shape index (κ1) is 13.8. The Kier molecular flexibility index (Phi) is 4.14. The minimum atomic E-state index is -0.167. The highest BCUT2D eigenvalue weighted by Crippen LogP contribution is 2.09. The van der Waals surface area contributed by atoms with Gasteiger partial charge in [0.1, 0.15) is 5.75 Å². The van der Waals surface area contributed by atoms with E-state index in [-0.39, 0.29) is 5.56 Å². The number of methoxy groups -OCH3 is 1. The number of benzene rings is 1. The Bertz CT molecular complexity index is 675. The lowest BCUT2D eigenvalue weighted by atomic mass is 10.2. The standard InChI is InChI=1S/C14H16N4O2/c1-9-10(2)16-14(17-13(9)19)18-15-8-11-4-6-12(20-3)7-5-11/h4-8H,1-3H3,(H2,16,17,18,19)/b15-8-. The van der Waals surface area contributed by atoms with E-state index in [4.69, 9.17) is 4.74 Å². The van der Waals surface area contributed by atoms with Crippen LogP contribution in [0.3, 0.4) is 0 Å². The summed E-state index contributed by atoms with van der Waals surface area (Å²) < 4.78 is 5.07. The van der Waals surface area contributed by atoms with E-state index in [2.05, 4.69) is 20.5 Å². The highest BCUT2D eigenvalue weighted by atomic mass is 16.5. The van der Waals surface area contributed by atoms with Crippen molar-refractivity contribution in [3.63, 3.8) is 0 Å². The molecule has 1 aromatic heterocycles. The Labute approximate surface area is 116 Å². The summed E-state index contributed by atoms with van der Waals surface area (Å²) in [6, 6.07) is 7.44. The van der Waals surface area contributed by atoms with Crippen LogP contribution < -0.4 is 15.7 Å². The Morgan fingerprint density at radius 1 is 1.30 bits per heavy atom. The SMILES string of the molecule is COc1ccc(/C=N\Nc2nc(C)c(C)c(=O)[nH]2)cc1. The van der Waals surface area contributed by atoms with Crippen LogP contribution in [0, 0.1) is 13.8 Å². The number of hydrazone groups is 1. The second-order valence-electron chi connectivity index (χ2n) is 4.27. The number of ether oxygens (including phenoxy) is 1. The van der Waals surface area contributed by atoms with Gasteiger partial charge in [-0.1, -0.05) is 0 Å². The molecule has 0 atom stereocenters. The lowest BCUT2D eigenvalue weighted by molar-refractivity contribution is 0.415. The van der Waals surface area contributed by atoms with Gasteiger partial charge in [0.05, 0.1) is 13.3 Å². The van der Waals surface area contributed by atoms with Crippen molar-refractivity contribution in [2.75, 3.05) is 12.5 Å². The minimum absolute atomic E-state index is 0.167. The topological polar surface area (TPSA) is 79.4 Å². The van der Waals surface area contributed by atoms with Crippen LogP contribution in [0.4, 0.5) is 5.95 Å². The van der Waals surface area contributed by atoms with Crippen LogP contribution >= 0.6 is 0 Å². The van der Waals surface area contributed by atoms with Crippen molar-refractivity contribution in [3.8, 4) is 5.75 Å². The molecule has 0 saturated carbocycles. The van der Waals surface area contributed by atoms with Gasteiger partial charge in [-0.15, -0.1) is 0 Å². The van der Waals surface area contributed by atoms with Gasteiger partial charge in [-0.25, -0.2) is 10.4 Å². The fourth-order valence-electron chi connectivity index (χ4n) is 1.56. The van der Waals surface area contributed by atoms with Gasteiger partial charge in [-0.2, -0.15) is 5.10 Å². The van der Waals surface area contributed by atoms with Crippen LogP contribution in [0.15, 0.2) is 34.2 Å². The molecular weight excluding hydrogens is 256 g/mol. The van der Waals surface area contributed by atoms with E-state index in [1.165, 1.54) is 0 Å². The van der Waals surface area contributed by atoms with Gasteiger partial charge in [0.15, 0.2) is 0 Å². The molecule has 0 spiro atoms. The molecule has 0 aliphatic carbocycles. The fourth-order valence-corrected chi connectivity index (χ4v) is 1.56. The first-order valence-corrected chi connectivity index (χ1v) is 6.11. The predicted molar refractivity (Wildman–Crippen MR) is 78.5 cm³/mol. The summed E-state index contributed by atoms with van der Waals surface area (Å²) in [4.78, 5) is 18.4. The Morgan fingerprint density at radius 3 is 2.60 bits per heavy atom. The number of aryl methyl sites for hydroxylation is 1. The molecule has 20 heavy (non-hydrogen) atoms. The number of aromatic nitrogens is 2. The predicted octanol–water partition coefficient (Wildman–Crippen LogP) is 1.84. The molecular formula is C14H16N4O2. The third kappa shape index (κ3) is 3.23. The summed E-state index contributed by atoms with van der Waals surface area (Å²) >= 11 is 0. The lowest BCUT2D eigenvalue weighted by Crippen LogP contribution is -2.15. The van der Waals surface area contributed by atoms with Crippen LogP contribution in [0.5, 0.6) is 5.75 Å². The van der Waals surface area contributed by atoms with Crippen LogP contribution in [0.2, 0.25) is 0 Å². The van der Waals surface area contributed by atoms with E-state index < -0.39 is 0 Å². The van der Waals surface area contributed by atoms with Crippen molar-refractivity contribution in [1.82, 2.24) is 9.97 Å². The molecule has 0 radical (unpaired) electrons. The quantitative estimate of drug-likeness (QED) is 0.657. The lowest BCUT2D eigenvalue weighted by Gasteiger charge is -2.02. The second-order valence-corrected chi connectivity index (χ2v) is 4.27. The smallest absolute Gasteiger partial charge is 0.255 e. The molecule has 0 aliphatic heterocycles. The number of hydrogen-bond donors (Lipinski definition) is 2. The number of H-pyrrole nitrogens is 1. The fraction of sp³-hybridized carbons (Fsp3) is 0.214. The summed E-state index contributed by atoms with van der Waals surface area (Å²) in [6.07, 6.45) is 1.63. The van der Waals surface area contributed by atoms with Gasteiger partial charge in [0.2, 0.25) is 5.95 Å². The van der Waals surface area contributed by atoms with E-state index in [9.17, 15) is 4.79 Å².